The smallest absolute Gasteiger partial charge is 0.338 e. The van der Waals surface area contributed by atoms with Gasteiger partial charge < -0.3 is 15.8 Å². The Balaban J connectivity index is 1.41. The van der Waals surface area contributed by atoms with Gasteiger partial charge in [0.25, 0.3) is 0 Å². The topological polar surface area (TPSA) is 121 Å². The van der Waals surface area contributed by atoms with Crippen molar-refractivity contribution in [1.29, 1.82) is 0 Å². The lowest BCUT2D eigenvalue weighted by molar-refractivity contribution is 0.0462. The lowest BCUT2D eigenvalue weighted by Crippen LogP contribution is -2.11. The minimum atomic E-state index is -0.492. The van der Waals surface area contributed by atoms with Gasteiger partial charge in [0.2, 0.25) is 11.9 Å². The highest BCUT2D eigenvalue weighted by Crippen LogP contribution is 2.14. The first-order valence-corrected chi connectivity index (χ1v) is 8.77. The van der Waals surface area contributed by atoms with E-state index in [1.165, 1.54) is 0 Å². The second-order valence-corrected chi connectivity index (χ2v) is 6.00. The van der Waals surface area contributed by atoms with Crippen molar-refractivity contribution in [1.82, 2.24) is 24.7 Å². The SMILES string of the molecule is Nc1nc(COC(=O)c2ccc(-n3cccn3)cc2)nc(Nc2ccccc2)n1. The standard InChI is InChI=1S/C20H17N7O2/c21-19-24-17(25-20(26-19)23-15-5-2-1-3-6-15)13-29-18(28)14-7-9-16(10-8-14)27-12-4-11-22-27/h1-12H,13H2,(H3,21,23,24,25,26). The Morgan fingerprint density at radius 1 is 1.00 bits per heavy atom. The maximum atomic E-state index is 12.3. The molecule has 29 heavy (non-hydrogen) atoms. The Bertz CT molecular complexity index is 1100. The van der Waals surface area contributed by atoms with Crippen LogP contribution in [0.3, 0.4) is 0 Å². The summed E-state index contributed by atoms with van der Waals surface area (Å²) < 4.78 is 7.01. The van der Waals surface area contributed by atoms with Crippen LogP contribution in [0.2, 0.25) is 0 Å². The summed E-state index contributed by atoms with van der Waals surface area (Å²) in [7, 11) is 0. The van der Waals surface area contributed by atoms with Gasteiger partial charge in [0.15, 0.2) is 12.4 Å². The molecule has 0 aliphatic heterocycles. The first kappa shape index (κ1) is 18.1. The van der Waals surface area contributed by atoms with E-state index in [-0.39, 0.29) is 24.3 Å². The number of aromatic nitrogens is 5. The number of nitrogens with one attached hydrogen (secondary N) is 1. The highest BCUT2D eigenvalue weighted by molar-refractivity contribution is 5.89. The summed E-state index contributed by atoms with van der Waals surface area (Å²) in [6.45, 7) is -0.129. The van der Waals surface area contributed by atoms with Gasteiger partial charge in [0, 0.05) is 18.1 Å². The molecule has 0 unspecified atom stereocenters. The molecule has 4 rings (SSSR count). The number of ether oxygens (including phenoxy) is 1. The number of nitrogen functional groups attached to an aromatic ring is 1. The largest absolute Gasteiger partial charge is 0.454 e. The van der Waals surface area contributed by atoms with Crippen LogP contribution in [0.15, 0.2) is 73.1 Å². The van der Waals surface area contributed by atoms with Crippen molar-refractivity contribution >= 4 is 23.6 Å². The van der Waals surface area contributed by atoms with Crippen LogP contribution in [-0.2, 0) is 11.3 Å². The number of rotatable bonds is 6. The van der Waals surface area contributed by atoms with Gasteiger partial charge >= 0.3 is 5.97 Å². The molecule has 0 fully saturated rings. The van der Waals surface area contributed by atoms with Crippen molar-refractivity contribution < 1.29 is 9.53 Å². The second-order valence-electron chi connectivity index (χ2n) is 6.00. The van der Waals surface area contributed by atoms with Crippen LogP contribution in [-0.4, -0.2) is 30.7 Å². The molecule has 0 saturated carbocycles. The number of anilines is 3. The maximum absolute atomic E-state index is 12.3. The van der Waals surface area contributed by atoms with Crippen molar-refractivity contribution in [3.8, 4) is 5.69 Å². The molecule has 2 aromatic carbocycles. The molecule has 0 atom stereocenters. The zero-order valence-corrected chi connectivity index (χ0v) is 15.3. The molecule has 0 spiro atoms. The molecule has 0 aliphatic rings. The van der Waals surface area contributed by atoms with E-state index in [2.05, 4.69) is 25.4 Å². The summed E-state index contributed by atoms with van der Waals surface area (Å²) in [5.74, 6) is 0.0670. The van der Waals surface area contributed by atoms with Gasteiger partial charge in [0.05, 0.1) is 11.3 Å². The van der Waals surface area contributed by atoms with Crippen LogP contribution in [0.25, 0.3) is 5.69 Å². The number of nitrogens with two attached hydrogens (primary N) is 1. The lowest BCUT2D eigenvalue weighted by Gasteiger charge is -2.08. The fourth-order valence-corrected chi connectivity index (χ4v) is 2.59. The van der Waals surface area contributed by atoms with E-state index in [1.807, 2.05) is 42.6 Å². The summed E-state index contributed by atoms with van der Waals surface area (Å²) in [5.41, 5.74) is 7.80. The third-order valence-corrected chi connectivity index (χ3v) is 3.93. The van der Waals surface area contributed by atoms with Crippen LogP contribution in [0.5, 0.6) is 0 Å². The fourth-order valence-electron chi connectivity index (χ4n) is 2.59. The summed E-state index contributed by atoms with van der Waals surface area (Å²) in [5, 5.41) is 7.18. The number of nitrogens with zero attached hydrogens (tertiary/aromatic N) is 5. The van der Waals surface area contributed by atoms with E-state index >= 15 is 0 Å². The molecule has 9 heteroatoms. The molecule has 9 nitrogen and oxygen atoms in total. The van der Waals surface area contributed by atoms with Crippen molar-refractivity contribution in [2.75, 3.05) is 11.1 Å². The van der Waals surface area contributed by atoms with Crippen molar-refractivity contribution in [2.24, 2.45) is 0 Å². The van der Waals surface area contributed by atoms with Crippen LogP contribution in [0.1, 0.15) is 16.2 Å². The van der Waals surface area contributed by atoms with Gasteiger partial charge in [-0.2, -0.15) is 20.1 Å². The minimum absolute atomic E-state index is 0.0352. The number of esters is 1. The number of hydrogen-bond donors (Lipinski definition) is 2. The van der Waals surface area contributed by atoms with Crippen LogP contribution in [0, 0.1) is 0 Å². The van der Waals surface area contributed by atoms with E-state index in [4.69, 9.17) is 10.5 Å². The number of benzene rings is 2. The predicted molar refractivity (Wildman–Crippen MR) is 107 cm³/mol. The molecule has 3 N–H and O–H groups in total. The lowest BCUT2D eigenvalue weighted by atomic mass is 10.2. The predicted octanol–water partition coefficient (Wildman–Crippen LogP) is 2.74. The molecule has 0 radical (unpaired) electrons. The molecule has 144 valence electrons. The summed E-state index contributed by atoms with van der Waals surface area (Å²) in [4.78, 5) is 24.6. The van der Waals surface area contributed by atoms with Gasteiger partial charge in [-0.1, -0.05) is 18.2 Å². The van der Waals surface area contributed by atoms with Gasteiger partial charge in [-0.05, 0) is 42.5 Å². The van der Waals surface area contributed by atoms with Gasteiger partial charge in [0.1, 0.15) is 0 Å². The summed E-state index contributed by atoms with van der Waals surface area (Å²) >= 11 is 0. The van der Waals surface area contributed by atoms with Crippen molar-refractivity contribution in [3.63, 3.8) is 0 Å². The molecular weight excluding hydrogens is 370 g/mol. The molecule has 0 bridgehead atoms. The molecule has 0 amide bonds. The average molecular weight is 387 g/mol. The number of hydrogen-bond acceptors (Lipinski definition) is 8. The molecule has 0 aliphatic carbocycles. The Morgan fingerprint density at radius 2 is 1.79 bits per heavy atom. The Kier molecular flexibility index (Phi) is 5.10. The van der Waals surface area contributed by atoms with E-state index < -0.39 is 5.97 Å². The van der Waals surface area contributed by atoms with E-state index in [1.54, 1.807) is 35.1 Å². The summed E-state index contributed by atoms with van der Waals surface area (Å²) in [6, 6.07) is 18.1. The minimum Gasteiger partial charge on any atom is -0.454 e. The van der Waals surface area contributed by atoms with Gasteiger partial charge in [-0.3, -0.25) is 0 Å². The Labute approximate surface area is 166 Å². The van der Waals surface area contributed by atoms with Crippen LogP contribution >= 0.6 is 0 Å². The fraction of sp³-hybridized carbons (Fsp3) is 0.0500. The average Bonchev–Trinajstić information content (AvgIpc) is 3.27. The number of carbonyl (C=O) groups is 1. The molecule has 2 heterocycles. The van der Waals surface area contributed by atoms with Gasteiger partial charge in [-0.15, -0.1) is 0 Å². The monoisotopic (exact) mass is 387 g/mol. The van der Waals surface area contributed by atoms with E-state index in [0.29, 0.717) is 5.56 Å². The third-order valence-electron chi connectivity index (χ3n) is 3.93. The molecular formula is C20H17N7O2. The first-order valence-electron chi connectivity index (χ1n) is 8.77. The van der Waals surface area contributed by atoms with Crippen molar-refractivity contribution in [3.05, 3.63) is 84.4 Å². The third kappa shape index (κ3) is 4.53. The van der Waals surface area contributed by atoms with Crippen molar-refractivity contribution in [2.45, 2.75) is 6.61 Å². The number of para-hydroxylation sites is 1. The first-order chi connectivity index (χ1) is 14.2. The summed E-state index contributed by atoms with van der Waals surface area (Å²) in [6.07, 6.45) is 3.50. The van der Waals surface area contributed by atoms with Crippen LogP contribution < -0.4 is 11.1 Å². The second kappa shape index (κ2) is 8.17. The zero-order valence-electron chi connectivity index (χ0n) is 15.3. The van der Waals surface area contributed by atoms with Gasteiger partial charge in [-0.25, -0.2) is 9.48 Å². The van der Waals surface area contributed by atoms with E-state index in [0.717, 1.165) is 11.4 Å². The molecule has 4 aromatic rings. The number of carbonyl (C=O) groups excluding carboxylic acids is 1. The Hall–Kier alpha value is -4.27. The highest BCUT2D eigenvalue weighted by atomic mass is 16.5. The molecule has 0 saturated heterocycles. The Morgan fingerprint density at radius 3 is 2.52 bits per heavy atom. The highest BCUT2D eigenvalue weighted by Gasteiger charge is 2.11. The maximum Gasteiger partial charge on any atom is 0.338 e. The van der Waals surface area contributed by atoms with Crippen LogP contribution in [0.4, 0.5) is 17.6 Å². The van der Waals surface area contributed by atoms with E-state index in [9.17, 15) is 4.79 Å². The zero-order chi connectivity index (χ0) is 20.1. The normalized spacial score (nSPS) is 10.5. The quantitative estimate of drug-likeness (QED) is 0.485. The molecule has 2 aromatic heterocycles.